The van der Waals surface area contributed by atoms with Gasteiger partial charge in [-0.3, -0.25) is 9.69 Å². The van der Waals surface area contributed by atoms with Crippen LogP contribution < -0.4 is 0 Å². The number of Topliss-reactive ketones (excluding diaryl/α,β-unsaturated/α-hetero) is 1. The summed E-state index contributed by atoms with van der Waals surface area (Å²) in [6, 6.07) is 7.23. The predicted molar refractivity (Wildman–Crippen MR) is 79.9 cm³/mol. The van der Waals surface area contributed by atoms with Crippen molar-refractivity contribution < 1.29 is 4.79 Å². The number of likely N-dealkylation sites (tertiary alicyclic amines) is 1. The molecule has 1 heterocycles. The molecule has 0 N–H and O–H groups in total. The summed E-state index contributed by atoms with van der Waals surface area (Å²) >= 11 is 5.96. The van der Waals surface area contributed by atoms with Gasteiger partial charge in [0.2, 0.25) is 0 Å². The van der Waals surface area contributed by atoms with Crippen LogP contribution in [-0.2, 0) is 0 Å². The number of ketones is 1. The van der Waals surface area contributed by atoms with Crippen molar-refractivity contribution in [3.05, 3.63) is 34.9 Å². The molecule has 0 radical (unpaired) electrons. The van der Waals surface area contributed by atoms with E-state index in [1.165, 1.54) is 32.1 Å². The average Bonchev–Trinajstić information content (AvgIpc) is 2.37. The largest absolute Gasteiger partial charge is 0.294 e. The van der Waals surface area contributed by atoms with E-state index in [0.29, 0.717) is 5.02 Å². The molecule has 2 nitrogen and oxygen atoms in total. The quantitative estimate of drug-likeness (QED) is 0.774. The van der Waals surface area contributed by atoms with E-state index in [2.05, 4.69) is 4.90 Å². The predicted octanol–water partition coefficient (Wildman–Crippen LogP) is 4.18. The van der Waals surface area contributed by atoms with Crippen molar-refractivity contribution in [1.29, 1.82) is 0 Å². The van der Waals surface area contributed by atoms with Gasteiger partial charge in [0.1, 0.15) is 0 Å². The van der Waals surface area contributed by atoms with Gasteiger partial charge < -0.3 is 0 Å². The van der Waals surface area contributed by atoms with Crippen molar-refractivity contribution in [3.8, 4) is 0 Å². The molecule has 0 spiro atoms. The van der Waals surface area contributed by atoms with Crippen LogP contribution >= 0.6 is 11.6 Å². The topological polar surface area (TPSA) is 20.3 Å². The van der Waals surface area contributed by atoms with Gasteiger partial charge in [0.15, 0.2) is 5.78 Å². The number of carbonyl (C=O) groups excluding carboxylic acids is 1. The Hall–Kier alpha value is -0.860. The molecule has 3 heteroatoms. The Labute approximate surface area is 120 Å². The van der Waals surface area contributed by atoms with Gasteiger partial charge in [0, 0.05) is 10.6 Å². The second-order valence-electron chi connectivity index (χ2n) is 5.35. The van der Waals surface area contributed by atoms with E-state index in [-0.39, 0.29) is 11.8 Å². The molecule has 0 aromatic heterocycles. The maximum Gasteiger partial charge on any atom is 0.179 e. The van der Waals surface area contributed by atoms with Crippen molar-refractivity contribution in [1.82, 2.24) is 4.90 Å². The minimum Gasteiger partial charge on any atom is -0.294 e. The SMILES string of the molecule is CC(C(=O)c1cccc(Cl)c1)N1CCCCCCC1. The van der Waals surface area contributed by atoms with Gasteiger partial charge in [0.25, 0.3) is 0 Å². The van der Waals surface area contributed by atoms with Gasteiger partial charge in [-0.25, -0.2) is 0 Å². The minimum absolute atomic E-state index is 0.0448. The van der Waals surface area contributed by atoms with Gasteiger partial charge >= 0.3 is 0 Å². The smallest absolute Gasteiger partial charge is 0.179 e. The first kappa shape index (κ1) is 14.5. The molecule has 1 saturated heterocycles. The second kappa shape index (κ2) is 7.06. The lowest BCUT2D eigenvalue weighted by Gasteiger charge is -2.29. The molecule has 0 bridgehead atoms. The van der Waals surface area contributed by atoms with E-state index in [9.17, 15) is 4.79 Å². The highest BCUT2D eigenvalue weighted by atomic mass is 35.5. The average molecular weight is 280 g/mol. The molecule has 104 valence electrons. The van der Waals surface area contributed by atoms with Crippen LogP contribution in [0.4, 0.5) is 0 Å². The fourth-order valence-corrected chi connectivity index (χ4v) is 2.90. The van der Waals surface area contributed by atoms with Gasteiger partial charge in [-0.2, -0.15) is 0 Å². The van der Waals surface area contributed by atoms with E-state index in [0.717, 1.165) is 18.7 Å². The molecule has 2 rings (SSSR count). The first-order valence-corrected chi connectivity index (χ1v) is 7.60. The first-order chi connectivity index (χ1) is 9.18. The fraction of sp³-hybridized carbons (Fsp3) is 0.562. The van der Waals surface area contributed by atoms with Crippen LogP contribution in [0.1, 0.15) is 49.4 Å². The zero-order chi connectivity index (χ0) is 13.7. The highest BCUT2D eigenvalue weighted by Crippen LogP contribution is 2.17. The molecule has 0 amide bonds. The Balaban J connectivity index is 2.04. The number of hydrogen-bond donors (Lipinski definition) is 0. The van der Waals surface area contributed by atoms with E-state index in [1.54, 1.807) is 12.1 Å². The summed E-state index contributed by atoms with van der Waals surface area (Å²) < 4.78 is 0. The summed E-state index contributed by atoms with van der Waals surface area (Å²) in [5.41, 5.74) is 0.724. The Morgan fingerprint density at radius 2 is 1.79 bits per heavy atom. The molecule has 1 atom stereocenters. The Morgan fingerprint density at radius 1 is 1.16 bits per heavy atom. The standard InChI is InChI=1S/C16H22ClNO/c1-13(18-10-5-3-2-4-6-11-18)16(19)14-8-7-9-15(17)12-14/h7-9,12-13H,2-6,10-11H2,1H3. The third-order valence-electron chi connectivity index (χ3n) is 3.93. The maximum absolute atomic E-state index is 12.5. The zero-order valence-electron chi connectivity index (χ0n) is 11.6. The van der Waals surface area contributed by atoms with Crippen LogP contribution in [0, 0.1) is 0 Å². The van der Waals surface area contributed by atoms with Gasteiger partial charge in [-0.15, -0.1) is 0 Å². The molecule has 0 saturated carbocycles. The van der Waals surface area contributed by atoms with Crippen LogP contribution in [-0.4, -0.2) is 29.8 Å². The summed E-state index contributed by atoms with van der Waals surface area (Å²) in [7, 11) is 0. The van der Waals surface area contributed by atoms with E-state index < -0.39 is 0 Å². The van der Waals surface area contributed by atoms with E-state index >= 15 is 0 Å². The van der Waals surface area contributed by atoms with Crippen LogP contribution in [0.15, 0.2) is 24.3 Å². The molecule has 1 aliphatic heterocycles. The molecule has 1 aromatic rings. The third-order valence-corrected chi connectivity index (χ3v) is 4.16. The summed E-state index contributed by atoms with van der Waals surface area (Å²) in [5, 5.41) is 0.630. The van der Waals surface area contributed by atoms with Gasteiger partial charge in [-0.1, -0.05) is 43.0 Å². The lowest BCUT2D eigenvalue weighted by Crippen LogP contribution is -2.40. The summed E-state index contributed by atoms with van der Waals surface area (Å²) in [6.45, 7) is 4.09. The number of halogens is 1. The number of benzene rings is 1. The van der Waals surface area contributed by atoms with Crippen molar-refractivity contribution in [2.24, 2.45) is 0 Å². The third kappa shape index (κ3) is 4.05. The summed E-state index contributed by atoms with van der Waals surface area (Å²) in [6.07, 6.45) is 6.31. The molecular formula is C16H22ClNO. The number of rotatable bonds is 3. The fourth-order valence-electron chi connectivity index (χ4n) is 2.71. The van der Waals surface area contributed by atoms with Crippen LogP contribution in [0.2, 0.25) is 5.02 Å². The monoisotopic (exact) mass is 279 g/mol. The minimum atomic E-state index is -0.0448. The summed E-state index contributed by atoms with van der Waals surface area (Å²) in [5.74, 6) is 0.183. The molecule has 1 unspecified atom stereocenters. The summed E-state index contributed by atoms with van der Waals surface area (Å²) in [4.78, 5) is 14.8. The van der Waals surface area contributed by atoms with Gasteiger partial charge in [-0.05, 0) is 45.0 Å². The molecule has 1 fully saturated rings. The molecule has 1 aliphatic rings. The maximum atomic E-state index is 12.5. The van der Waals surface area contributed by atoms with E-state index in [4.69, 9.17) is 11.6 Å². The zero-order valence-corrected chi connectivity index (χ0v) is 12.3. The molecule has 0 aliphatic carbocycles. The van der Waals surface area contributed by atoms with Crippen LogP contribution in [0.3, 0.4) is 0 Å². The van der Waals surface area contributed by atoms with Crippen LogP contribution in [0.25, 0.3) is 0 Å². The molecule has 19 heavy (non-hydrogen) atoms. The first-order valence-electron chi connectivity index (χ1n) is 7.22. The normalized spacial score (nSPS) is 19.5. The number of hydrogen-bond acceptors (Lipinski definition) is 2. The Kier molecular flexibility index (Phi) is 5.41. The second-order valence-corrected chi connectivity index (χ2v) is 5.79. The Morgan fingerprint density at radius 3 is 2.42 bits per heavy atom. The Bertz CT molecular complexity index is 425. The highest BCUT2D eigenvalue weighted by Gasteiger charge is 2.22. The van der Waals surface area contributed by atoms with Crippen LogP contribution in [0.5, 0.6) is 0 Å². The van der Waals surface area contributed by atoms with Gasteiger partial charge in [0.05, 0.1) is 6.04 Å². The van der Waals surface area contributed by atoms with Crippen molar-refractivity contribution >= 4 is 17.4 Å². The lowest BCUT2D eigenvalue weighted by atomic mass is 10.0. The van der Waals surface area contributed by atoms with Crippen molar-refractivity contribution in [2.45, 2.75) is 45.1 Å². The lowest BCUT2D eigenvalue weighted by molar-refractivity contribution is 0.0826. The number of nitrogens with zero attached hydrogens (tertiary/aromatic N) is 1. The highest BCUT2D eigenvalue weighted by molar-refractivity contribution is 6.31. The number of carbonyl (C=O) groups is 1. The van der Waals surface area contributed by atoms with Crippen molar-refractivity contribution in [3.63, 3.8) is 0 Å². The van der Waals surface area contributed by atoms with E-state index in [1.807, 2.05) is 19.1 Å². The molecule has 1 aromatic carbocycles. The van der Waals surface area contributed by atoms with Crippen molar-refractivity contribution in [2.75, 3.05) is 13.1 Å². The molecular weight excluding hydrogens is 258 g/mol.